The monoisotopic (exact) mass is 239 g/mol. The zero-order valence-electron chi connectivity index (χ0n) is 10.5. The minimum Gasteiger partial charge on any atom is -0.330 e. The summed E-state index contributed by atoms with van der Waals surface area (Å²) in [6.07, 6.45) is 0.800. The maximum Gasteiger partial charge on any atom is 0.193 e. The van der Waals surface area contributed by atoms with Gasteiger partial charge in [-0.3, -0.25) is 4.79 Å². The molecule has 0 aliphatic carbocycles. The predicted molar refractivity (Wildman–Crippen MR) is 73.8 cm³/mol. The smallest absolute Gasteiger partial charge is 0.193 e. The van der Waals surface area contributed by atoms with Gasteiger partial charge < -0.3 is 5.73 Å². The highest BCUT2D eigenvalue weighted by atomic mass is 16.1. The largest absolute Gasteiger partial charge is 0.330 e. The summed E-state index contributed by atoms with van der Waals surface area (Å²) < 4.78 is 0. The molecule has 0 unspecified atom stereocenters. The molecule has 0 aliphatic rings. The third kappa shape index (κ3) is 2.66. The number of aryl methyl sites for hydroxylation is 1. The molecule has 2 rings (SSSR count). The number of carbonyl (C=O) groups is 1. The molecule has 0 aromatic heterocycles. The first kappa shape index (κ1) is 12.5. The van der Waals surface area contributed by atoms with Crippen molar-refractivity contribution in [1.82, 2.24) is 0 Å². The van der Waals surface area contributed by atoms with Crippen LogP contribution in [-0.4, -0.2) is 12.3 Å². The Labute approximate surface area is 107 Å². The Bertz CT molecular complexity index is 561. The number of nitrogens with two attached hydrogens (primary N) is 1. The molecular formula is C16H17NO. The van der Waals surface area contributed by atoms with Gasteiger partial charge in [-0.25, -0.2) is 0 Å². The first-order chi connectivity index (χ1) is 8.72. The molecule has 18 heavy (non-hydrogen) atoms. The predicted octanol–water partition coefficient (Wildman–Crippen LogP) is 2.73. The van der Waals surface area contributed by atoms with Crippen LogP contribution in [0.5, 0.6) is 0 Å². The Balaban J connectivity index is 2.34. The van der Waals surface area contributed by atoms with E-state index >= 15 is 0 Å². The summed E-state index contributed by atoms with van der Waals surface area (Å²) in [6.45, 7) is 2.55. The Hall–Kier alpha value is -1.93. The molecule has 0 atom stereocenters. The van der Waals surface area contributed by atoms with Crippen LogP contribution < -0.4 is 5.73 Å². The second-order valence-corrected chi connectivity index (χ2v) is 4.38. The van der Waals surface area contributed by atoms with Gasteiger partial charge in [0.25, 0.3) is 0 Å². The van der Waals surface area contributed by atoms with Crippen molar-refractivity contribution in [3.05, 3.63) is 70.8 Å². The SMILES string of the molecule is Cc1ccccc1C(=O)c1cccc(CCN)c1. The van der Waals surface area contributed by atoms with Crippen LogP contribution in [0.15, 0.2) is 48.5 Å². The molecule has 0 saturated carbocycles. The highest BCUT2D eigenvalue weighted by Crippen LogP contribution is 2.15. The van der Waals surface area contributed by atoms with Gasteiger partial charge in [0.1, 0.15) is 0 Å². The number of hydrogen-bond donors (Lipinski definition) is 1. The molecule has 0 radical (unpaired) electrons. The van der Waals surface area contributed by atoms with Gasteiger partial charge in [0, 0.05) is 11.1 Å². The van der Waals surface area contributed by atoms with Gasteiger partial charge in [-0.2, -0.15) is 0 Å². The number of hydrogen-bond acceptors (Lipinski definition) is 2. The molecule has 0 bridgehead atoms. The van der Waals surface area contributed by atoms with E-state index in [1.807, 2.05) is 55.5 Å². The first-order valence-electron chi connectivity index (χ1n) is 6.11. The molecule has 0 fully saturated rings. The Kier molecular flexibility index (Phi) is 3.90. The lowest BCUT2D eigenvalue weighted by Crippen LogP contribution is -2.06. The minimum absolute atomic E-state index is 0.0759. The fourth-order valence-electron chi connectivity index (χ4n) is 2.02. The minimum atomic E-state index is 0.0759. The Morgan fingerprint density at radius 2 is 1.89 bits per heavy atom. The first-order valence-corrected chi connectivity index (χ1v) is 6.11. The maximum absolute atomic E-state index is 12.4. The quantitative estimate of drug-likeness (QED) is 0.834. The molecule has 2 aromatic rings. The lowest BCUT2D eigenvalue weighted by atomic mass is 9.97. The molecule has 0 heterocycles. The van der Waals surface area contributed by atoms with E-state index in [4.69, 9.17) is 5.73 Å². The van der Waals surface area contributed by atoms with E-state index in [0.717, 1.165) is 28.7 Å². The van der Waals surface area contributed by atoms with Crippen molar-refractivity contribution in [1.29, 1.82) is 0 Å². The van der Waals surface area contributed by atoms with Crippen molar-refractivity contribution in [3.63, 3.8) is 0 Å². The van der Waals surface area contributed by atoms with Gasteiger partial charge in [0.05, 0.1) is 0 Å². The van der Waals surface area contributed by atoms with Crippen LogP contribution in [0.2, 0.25) is 0 Å². The Morgan fingerprint density at radius 3 is 2.61 bits per heavy atom. The molecule has 2 nitrogen and oxygen atoms in total. The average molecular weight is 239 g/mol. The zero-order chi connectivity index (χ0) is 13.0. The van der Waals surface area contributed by atoms with Crippen LogP contribution in [0, 0.1) is 6.92 Å². The van der Waals surface area contributed by atoms with Gasteiger partial charge >= 0.3 is 0 Å². The lowest BCUT2D eigenvalue weighted by molar-refractivity contribution is 0.103. The summed E-state index contributed by atoms with van der Waals surface area (Å²) in [5, 5.41) is 0. The van der Waals surface area contributed by atoms with Crippen molar-refractivity contribution >= 4 is 5.78 Å². The summed E-state index contributed by atoms with van der Waals surface area (Å²) >= 11 is 0. The van der Waals surface area contributed by atoms with Crippen LogP contribution in [0.3, 0.4) is 0 Å². The summed E-state index contributed by atoms with van der Waals surface area (Å²) in [5.41, 5.74) is 9.15. The average Bonchev–Trinajstić information content (AvgIpc) is 2.39. The molecule has 0 aliphatic heterocycles. The van der Waals surface area contributed by atoms with Crippen molar-refractivity contribution in [3.8, 4) is 0 Å². The topological polar surface area (TPSA) is 43.1 Å². The molecule has 0 amide bonds. The normalized spacial score (nSPS) is 10.3. The van der Waals surface area contributed by atoms with Crippen LogP contribution >= 0.6 is 0 Å². The van der Waals surface area contributed by atoms with E-state index in [-0.39, 0.29) is 5.78 Å². The standard InChI is InChI=1S/C16H17NO/c1-12-5-2-3-8-15(12)16(18)14-7-4-6-13(11-14)9-10-17/h2-8,11H,9-10,17H2,1H3. The molecule has 0 saturated heterocycles. The third-order valence-electron chi connectivity index (χ3n) is 3.01. The van der Waals surface area contributed by atoms with Crippen molar-refractivity contribution in [2.75, 3.05) is 6.54 Å². The van der Waals surface area contributed by atoms with Crippen molar-refractivity contribution < 1.29 is 4.79 Å². The summed E-state index contributed by atoms with van der Waals surface area (Å²) in [7, 11) is 0. The second-order valence-electron chi connectivity index (χ2n) is 4.38. The van der Waals surface area contributed by atoms with Gasteiger partial charge in [-0.05, 0) is 37.1 Å². The van der Waals surface area contributed by atoms with Gasteiger partial charge in [-0.15, -0.1) is 0 Å². The summed E-state index contributed by atoms with van der Waals surface area (Å²) in [4.78, 5) is 12.4. The van der Waals surface area contributed by atoms with E-state index in [1.165, 1.54) is 0 Å². The van der Waals surface area contributed by atoms with Gasteiger partial charge in [0.15, 0.2) is 5.78 Å². The van der Waals surface area contributed by atoms with Crippen molar-refractivity contribution in [2.24, 2.45) is 5.73 Å². The van der Waals surface area contributed by atoms with E-state index in [9.17, 15) is 4.79 Å². The highest BCUT2D eigenvalue weighted by Gasteiger charge is 2.11. The molecular weight excluding hydrogens is 222 g/mol. The van der Waals surface area contributed by atoms with Gasteiger partial charge in [0.2, 0.25) is 0 Å². The Morgan fingerprint density at radius 1 is 1.11 bits per heavy atom. The molecule has 2 N–H and O–H groups in total. The second kappa shape index (κ2) is 5.61. The summed E-state index contributed by atoms with van der Waals surface area (Å²) in [6, 6.07) is 15.4. The van der Waals surface area contributed by atoms with E-state index in [1.54, 1.807) is 0 Å². The van der Waals surface area contributed by atoms with Crippen LogP contribution in [0.25, 0.3) is 0 Å². The van der Waals surface area contributed by atoms with Crippen molar-refractivity contribution in [2.45, 2.75) is 13.3 Å². The fourth-order valence-corrected chi connectivity index (χ4v) is 2.02. The fraction of sp³-hybridized carbons (Fsp3) is 0.188. The number of benzene rings is 2. The van der Waals surface area contributed by atoms with E-state index < -0.39 is 0 Å². The van der Waals surface area contributed by atoms with E-state index in [0.29, 0.717) is 6.54 Å². The number of ketones is 1. The molecule has 0 spiro atoms. The lowest BCUT2D eigenvalue weighted by Gasteiger charge is -2.06. The third-order valence-corrected chi connectivity index (χ3v) is 3.01. The number of rotatable bonds is 4. The van der Waals surface area contributed by atoms with Crippen LogP contribution in [0.1, 0.15) is 27.0 Å². The maximum atomic E-state index is 12.4. The van der Waals surface area contributed by atoms with Crippen LogP contribution in [-0.2, 0) is 6.42 Å². The molecule has 92 valence electrons. The summed E-state index contributed by atoms with van der Waals surface area (Å²) in [5.74, 6) is 0.0759. The highest BCUT2D eigenvalue weighted by molar-refractivity contribution is 6.09. The number of carbonyl (C=O) groups excluding carboxylic acids is 1. The van der Waals surface area contributed by atoms with Gasteiger partial charge in [-0.1, -0.05) is 42.5 Å². The van der Waals surface area contributed by atoms with E-state index in [2.05, 4.69) is 0 Å². The zero-order valence-corrected chi connectivity index (χ0v) is 10.5. The molecule has 2 heteroatoms. The molecule has 2 aromatic carbocycles. The van der Waals surface area contributed by atoms with Crippen LogP contribution in [0.4, 0.5) is 0 Å².